The van der Waals surface area contributed by atoms with Gasteiger partial charge in [0.25, 0.3) is 5.91 Å². The average Bonchev–Trinajstić information content (AvgIpc) is 2.58. The highest BCUT2D eigenvalue weighted by Crippen LogP contribution is 2.19. The number of hydrogen-bond acceptors (Lipinski definition) is 1. The molecule has 0 fully saturated rings. The first-order valence-electron chi connectivity index (χ1n) is 8.05. The van der Waals surface area contributed by atoms with Gasteiger partial charge in [0, 0.05) is 10.6 Å². The van der Waals surface area contributed by atoms with Crippen LogP contribution in [0.5, 0.6) is 0 Å². The second kappa shape index (κ2) is 7.64. The Kier molecular flexibility index (Phi) is 5.31. The molecule has 3 rings (SSSR count). The van der Waals surface area contributed by atoms with Gasteiger partial charge in [0.05, 0.1) is 12.7 Å². The van der Waals surface area contributed by atoms with E-state index in [4.69, 9.17) is 11.6 Å². The van der Waals surface area contributed by atoms with E-state index in [0.29, 0.717) is 11.6 Å². The van der Waals surface area contributed by atoms with Gasteiger partial charge in [0.2, 0.25) is 0 Å². The number of halogens is 2. The van der Waals surface area contributed by atoms with Crippen LogP contribution in [0.25, 0.3) is 10.8 Å². The van der Waals surface area contributed by atoms with Gasteiger partial charge in [0.1, 0.15) is 12.4 Å². The molecule has 1 atom stereocenters. The fourth-order valence-electron chi connectivity index (χ4n) is 2.82. The molecular weight excluding hydrogens is 339 g/mol. The van der Waals surface area contributed by atoms with Crippen LogP contribution in [0.1, 0.15) is 5.56 Å². The lowest BCUT2D eigenvalue weighted by Gasteiger charge is -2.14. The predicted octanol–water partition coefficient (Wildman–Crippen LogP) is 3.29. The van der Waals surface area contributed by atoms with Gasteiger partial charge >= 0.3 is 0 Å². The molecule has 5 heteroatoms. The zero-order valence-corrected chi connectivity index (χ0v) is 14.6. The van der Waals surface area contributed by atoms with Crippen molar-refractivity contribution in [3.63, 3.8) is 0 Å². The highest BCUT2D eigenvalue weighted by molar-refractivity contribution is 6.30. The van der Waals surface area contributed by atoms with Crippen molar-refractivity contribution in [3.8, 4) is 0 Å². The molecule has 1 unspecified atom stereocenters. The van der Waals surface area contributed by atoms with Gasteiger partial charge in [-0.15, -0.1) is 0 Å². The fraction of sp³-hybridized carbons (Fsp3) is 0.150. The normalized spacial score (nSPS) is 12.1. The molecule has 2 N–H and O–H groups in total. The largest absolute Gasteiger partial charge is 0.326 e. The minimum Gasteiger partial charge on any atom is -0.326 e. The van der Waals surface area contributed by atoms with Crippen LogP contribution in [0.3, 0.4) is 0 Å². The first kappa shape index (κ1) is 17.4. The lowest BCUT2D eigenvalue weighted by molar-refractivity contribution is -0.885. The third-order valence-electron chi connectivity index (χ3n) is 3.98. The summed E-state index contributed by atoms with van der Waals surface area (Å²) >= 11 is 5.84. The molecule has 0 spiro atoms. The van der Waals surface area contributed by atoms with Gasteiger partial charge in [-0.2, -0.15) is 0 Å². The molecule has 0 radical (unpaired) electrons. The van der Waals surface area contributed by atoms with Crippen molar-refractivity contribution in [2.45, 2.75) is 6.54 Å². The maximum absolute atomic E-state index is 13.7. The maximum Gasteiger partial charge on any atom is 0.279 e. The number of rotatable bonds is 5. The van der Waals surface area contributed by atoms with E-state index >= 15 is 0 Å². The Labute approximate surface area is 151 Å². The number of anilines is 1. The predicted molar refractivity (Wildman–Crippen MR) is 99.4 cm³/mol. The Hall–Kier alpha value is -2.43. The van der Waals surface area contributed by atoms with Gasteiger partial charge < -0.3 is 10.2 Å². The molecule has 0 saturated carbocycles. The van der Waals surface area contributed by atoms with E-state index in [1.165, 1.54) is 29.0 Å². The van der Waals surface area contributed by atoms with Crippen molar-refractivity contribution in [1.82, 2.24) is 0 Å². The van der Waals surface area contributed by atoms with Crippen molar-refractivity contribution in [1.29, 1.82) is 0 Å². The summed E-state index contributed by atoms with van der Waals surface area (Å²) in [6, 6.07) is 18.5. The van der Waals surface area contributed by atoms with E-state index in [0.717, 1.165) is 10.5 Å². The van der Waals surface area contributed by atoms with Gasteiger partial charge in [-0.1, -0.05) is 48.0 Å². The SMILES string of the molecule is C[NH+](CC(=O)Nc1cc(Cl)ccc1F)Cc1ccc2ccccc2c1. The second-order valence-corrected chi connectivity index (χ2v) is 6.60. The zero-order chi connectivity index (χ0) is 17.8. The molecule has 0 saturated heterocycles. The summed E-state index contributed by atoms with van der Waals surface area (Å²) in [5, 5.41) is 5.33. The summed E-state index contributed by atoms with van der Waals surface area (Å²) < 4.78 is 13.7. The van der Waals surface area contributed by atoms with E-state index in [1.807, 2.05) is 19.2 Å². The van der Waals surface area contributed by atoms with Gasteiger partial charge in [-0.25, -0.2) is 4.39 Å². The standard InChI is InChI=1S/C20H18ClFN2O/c1-24(12-14-6-7-15-4-2-3-5-16(15)10-14)13-20(25)23-19-11-17(21)8-9-18(19)22/h2-11H,12-13H2,1H3,(H,23,25)/p+1. The molecule has 0 heterocycles. The Morgan fingerprint density at radius 1 is 1.08 bits per heavy atom. The number of hydrogen-bond donors (Lipinski definition) is 2. The fourth-order valence-corrected chi connectivity index (χ4v) is 2.99. The third-order valence-corrected chi connectivity index (χ3v) is 4.22. The number of nitrogens with one attached hydrogen (secondary N) is 2. The Balaban J connectivity index is 1.62. The minimum atomic E-state index is -0.495. The van der Waals surface area contributed by atoms with Crippen molar-refractivity contribution in [2.24, 2.45) is 0 Å². The van der Waals surface area contributed by atoms with Crippen LogP contribution >= 0.6 is 11.6 Å². The molecule has 0 aromatic heterocycles. The minimum absolute atomic E-state index is 0.107. The van der Waals surface area contributed by atoms with E-state index in [1.54, 1.807) is 0 Å². The summed E-state index contributed by atoms with van der Waals surface area (Å²) in [5.41, 5.74) is 1.26. The monoisotopic (exact) mass is 357 g/mol. The number of likely N-dealkylation sites (N-methyl/N-ethyl adjacent to an activating group) is 1. The number of carbonyl (C=O) groups is 1. The van der Waals surface area contributed by atoms with Crippen LogP contribution in [0, 0.1) is 5.82 Å². The van der Waals surface area contributed by atoms with Crippen molar-refractivity contribution in [2.75, 3.05) is 18.9 Å². The molecule has 3 aromatic carbocycles. The first-order chi connectivity index (χ1) is 12.0. The highest BCUT2D eigenvalue weighted by Gasteiger charge is 2.13. The molecule has 25 heavy (non-hydrogen) atoms. The van der Waals surface area contributed by atoms with E-state index < -0.39 is 5.82 Å². The smallest absolute Gasteiger partial charge is 0.279 e. The molecular formula is C20H19ClFN2O+. The second-order valence-electron chi connectivity index (χ2n) is 6.16. The van der Waals surface area contributed by atoms with Crippen molar-refractivity contribution in [3.05, 3.63) is 77.1 Å². The van der Waals surface area contributed by atoms with Crippen molar-refractivity contribution < 1.29 is 14.1 Å². The molecule has 128 valence electrons. The van der Waals surface area contributed by atoms with Crippen LogP contribution in [0.2, 0.25) is 5.02 Å². The Bertz CT molecular complexity index is 913. The van der Waals surface area contributed by atoms with Crippen LogP contribution < -0.4 is 10.2 Å². The maximum atomic E-state index is 13.7. The van der Waals surface area contributed by atoms with Gasteiger partial charge in [-0.3, -0.25) is 4.79 Å². The van der Waals surface area contributed by atoms with E-state index in [2.05, 4.69) is 35.6 Å². The number of benzene rings is 3. The Morgan fingerprint density at radius 3 is 2.64 bits per heavy atom. The molecule has 0 aliphatic heterocycles. The first-order valence-corrected chi connectivity index (χ1v) is 8.43. The lowest BCUT2D eigenvalue weighted by Crippen LogP contribution is -3.08. The summed E-state index contributed by atoms with van der Waals surface area (Å²) in [4.78, 5) is 13.2. The van der Waals surface area contributed by atoms with Gasteiger partial charge in [0.15, 0.2) is 6.54 Å². The molecule has 1 amide bonds. The van der Waals surface area contributed by atoms with Gasteiger partial charge in [-0.05, 0) is 35.0 Å². The molecule has 3 aromatic rings. The summed E-state index contributed by atoms with van der Waals surface area (Å²) in [6.07, 6.45) is 0. The highest BCUT2D eigenvalue weighted by atomic mass is 35.5. The average molecular weight is 358 g/mol. The van der Waals surface area contributed by atoms with Crippen molar-refractivity contribution >= 4 is 34.0 Å². The molecule has 0 aliphatic carbocycles. The van der Waals surface area contributed by atoms with E-state index in [9.17, 15) is 9.18 Å². The van der Waals surface area contributed by atoms with Crippen LogP contribution in [0.15, 0.2) is 60.7 Å². The third kappa shape index (κ3) is 4.56. The van der Waals surface area contributed by atoms with Crippen LogP contribution in [-0.4, -0.2) is 19.5 Å². The molecule has 3 nitrogen and oxygen atoms in total. The quantitative estimate of drug-likeness (QED) is 0.722. The number of amides is 1. The summed E-state index contributed by atoms with van der Waals surface area (Å²) in [5.74, 6) is -0.746. The molecule has 0 aliphatic rings. The van der Waals surface area contributed by atoms with Crippen LogP contribution in [0.4, 0.5) is 10.1 Å². The Morgan fingerprint density at radius 2 is 1.84 bits per heavy atom. The zero-order valence-electron chi connectivity index (χ0n) is 13.9. The lowest BCUT2D eigenvalue weighted by atomic mass is 10.1. The van der Waals surface area contributed by atoms with E-state index in [-0.39, 0.29) is 18.1 Å². The summed E-state index contributed by atoms with van der Waals surface area (Å²) in [7, 11) is 1.93. The number of quaternary nitrogens is 1. The number of carbonyl (C=O) groups excluding carboxylic acids is 1. The topological polar surface area (TPSA) is 33.5 Å². The molecule has 0 bridgehead atoms. The number of fused-ring (bicyclic) bond motifs is 1. The van der Waals surface area contributed by atoms with Crippen LogP contribution in [-0.2, 0) is 11.3 Å². The summed E-state index contributed by atoms with van der Waals surface area (Å²) in [6.45, 7) is 0.940.